The van der Waals surface area contributed by atoms with Crippen molar-refractivity contribution < 1.29 is 14.4 Å². The predicted octanol–water partition coefficient (Wildman–Crippen LogP) is 14.3. The molecule has 20 heterocycles. The van der Waals surface area contributed by atoms with Crippen molar-refractivity contribution in [1.82, 2.24) is 92.7 Å². The third-order valence-corrected chi connectivity index (χ3v) is 27.8. The van der Waals surface area contributed by atoms with E-state index in [2.05, 4.69) is 97.6 Å². The highest BCUT2D eigenvalue weighted by atomic mass is 16.2. The largest absolute Gasteiger partial charge is 0.369 e. The van der Waals surface area contributed by atoms with Crippen molar-refractivity contribution in [2.24, 2.45) is 22.9 Å². The third-order valence-electron chi connectivity index (χ3n) is 27.8. The lowest BCUT2D eigenvalue weighted by atomic mass is 10.0. The third kappa shape index (κ3) is 17.1. The van der Waals surface area contributed by atoms with Crippen LogP contribution in [0.25, 0.3) is 139 Å². The van der Waals surface area contributed by atoms with Gasteiger partial charge in [0.05, 0.1) is 83.0 Å². The first-order valence-corrected chi connectivity index (χ1v) is 48.7. The average molecular weight is 1880 g/mol. The van der Waals surface area contributed by atoms with Gasteiger partial charge in [-0.15, -0.1) is 0 Å². The lowest BCUT2D eigenvalue weighted by molar-refractivity contribution is 0.0939. The van der Waals surface area contributed by atoms with E-state index in [4.69, 9.17) is 52.8 Å². The van der Waals surface area contributed by atoms with Gasteiger partial charge in [0.2, 0.25) is 0 Å². The van der Waals surface area contributed by atoms with Crippen LogP contribution in [0.3, 0.4) is 0 Å². The summed E-state index contributed by atoms with van der Waals surface area (Å²) in [5, 5.41) is 33.0. The van der Waals surface area contributed by atoms with E-state index >= 15 is 0 Å². The number of benzene rings is 5. The van der Waals surface area contributed by atoms with Gasteiger partial charge in [-0.25, -0.2) is 49.8 Å². The number of hydrogen-bond donors (Lipinski definition) is 7. The predicted molar refractivity (Wildman–Crippen MR) is 560 cm³/mol. The highest BCUT2D eigenvalue weighted by Gasteiger charge is 2.32. The number of rotatable bonds is 11. The fourth-order valence-corrected chi connectivity index (χ4v) is 21.2. The Kier molecular flexibility index (Phi) is 25.0. The lowest BCUT2D eigenvalue weighted by Gasteiger charge is -2.33. The van der Waals surface area contributed by atoms with Crippen molar-refractivity contribution in [2.75, 3.05) is 118 Å². The second-order valence-corrected chi connectivity index (χ2v) is 37.9. The van der Waals surface area contributed by atoms with Gasteiger partial charge < -0.3 is 68.3 Å². The van der Waals surface area contributed by atoms with Crippen molar-refractivity contribution >= 4 is 185 Å². The highest BCUT2D eigenvalue weighted by Crippen LogP contribution is 2.41. The number of para-hydroxylation sites is 10. The SMILES string of the molecule is CC(C)NC(=O)c1cc2c(N3CCC[C@@H](N)C3)ccnc2n2c1nc1ccccc12.CCNC(=O)c1cc2c(N3CCC[C@@H](N)C3)ccnc2n2c1nc1ccccc12.CNC(=O)c1cc2c(N3CCC[C@@H](N)C3)ccnc2n2c1nc1ccccc12.Cc1cc(N2CC[C@H](N(C)C)C2)c2cc(C#N)c3nc4ccccc4n3c2n1.N#Cc1cc2c(N3CCC[C@@H](N)C3)ccnc2n2c1nc1ccccc12. The summed E-state index contributed by atoms with van der Waals surface area (Å²) < 4.78 is 10.0. The number of nitrogens with two attached hydrogens (primary N) is 4. The minimum absolute atomic E-state index is 0.0334. The Morgan fingerprint density at radius 1 is 0.383 bits per heavy atom. The van der Waals surface area contributed by atoms with E-state index in [9.17, 15) is 24.9 Å². The molecule has 33 heteroatoms. The molecule has 141 heavy (non-hydrogen) atoms. The molecule has 5 saturated heterocycles. The van der Waals surface area contributed by atoms with Crippen LogP contribution in [0.5, 0.6) is 0 Å². The summed E-state index contributed by atoms with van der Waals surface area (Å²) in [5.41, 5.74) is 50.4. The fourth-order valence-electron chi connectivity index (χ4n) is 21.2. The summed E-state index contributed by atoms with van der Waals surface area (Å²) in [6, 6.07) is 65.4. The highest BCUT2D eigenvalue weighted by molar-refractivity contribution is 6.11. The number of piperidine rings is 4. The summed E-state index contributed by atoms with van der Waals surface area (Å²) in [4.78, 5) is 99.8. The van der Waals surface area contributed by atoms with Crippen LogP contribution >= 0.6 is 0 Å². The van der Waals surface area contributed by atoms with Crippen LogP contribution in [0.1, 0.15) is 126 Å². The number of fused-ring (bicyclic) bond motifs is 25. The Hall–Kier alpha value is -15.9. The molecule has 25 rings (SSSR count). The van der Waals surface area contributed by atoms with E-state index in [1.807, 2.05) is 250 Å². The number of nitriles is 2. The maximum atomic E-state index is 13.1. The van der Waals surface area contributed by atoms with Crippen molar-refractivity contribution in [1.29, 1.82) is 10.5 Å². The minimum atomic E-state index is -0.160. The number of amides is 3. The molecule has 11 N–H and O–H groups in total. The first kappa shape index (κ1) is 91.5. The Labute approximate surface area is 812 Å². The first-order valence-electron chi connectivity index (χ1n) is 48.7. The van der Waals surface area contributed by atoms with E-state index in [0.717, 1.165) is 268 Å². The molecular formula is C108H112N30O3. The quantitative estimate of drug-likeness (QED) is 0.0632. The number of hydrogen-bond acceptors (Lipinski definition) is 25. The van der Waals surface area contributed by atoms with Gasteiger partial charge >= 0.3 is 0 Å². The molecule has 712 valence electrons. The number of carbonyl (C=O) groups is 3. The number of anilines is 5. The van der Waals surface area contributed by atoms with Gasteiger partial charge in [0.15, 0.2) is 28.2 Å². The van der Waals surface area contributed by atoms with Crippen molar-refractivity contribution in [3.05, 3.63) is 240 Å². The Morgan fingerprint density at radius 3 is 1.02 bits per heavy atom. The van der Waals surface area contributed by atoms with E-state index in [-0.39, 0.29) is 47.9 Å². The van der Waals surface area contributed by atoms with Crippen LogP contribution in [-0.4, -0.2) is 224 Å². The molecule has 0 unspecified atom stereocenters. The van der Waals surface area contributed by atoms with Gasteiger partial charge in [0, 0.05) is 201 Å². The van der Waals surface area contributed by atoms with Gasteiger partial charge in [-0.05, 0) is 221 Å². The minimum Gasteiger partial charge on any atom is -0.369 e. The van der Waals surface area contributed by atoms with Crippen LogP contribution in [-0.2, 0) is 0 Å². The topological polar surface area (TPSA) is 409 Å². The molecule has 5 fully saturated rings. The molecule has 5 atom stereocenters. The number of pyridine rings is 10. The molecule has 20 aromatic rings. The second-order valence-electron chi connectivity index (χ2n) is 37.9. The maximum Gasteiger partial charge on any atom is 0.255 e. The van der Waals surface area contributed by atoms with E-state index in [1.165, 1.54) is 0 Å². The first-order chi connectivity index (χ1) is 68.7. The molecule has 0 aliphatic carbocycles. The monoisotopic (exact) mass is 1880 g/mol. The molecule has 15 aromatic heterocycles. The molecule has 5 aliphatic rings. The average Bonchev–Trinajstić information content (AvgIpc) is 1.63. The van der Waals surface area contributed by atoms with Crippen LogP contribution in [0.4, 0.5) is 28.4 Å². The van der Waals surface area contributed by atoms with Gasteiger partial charge in [0.25, 0.3) is 17.7 Å². The van der Waals surface area contributed by atoms with E-state index < -0.39 is 0 Å². The summed E-state index contributed by atoms with van der Waals surface area (Å²) in [5.74, 6) is -0.412. The summed E-state index contributed by atoms with van der Waals surface area (Å²) in [6.07, 6.45) is 16.9. The zero-order valence-electron chi connectivity index (χ0n) is 80.1. The number of likely N-dealkylation sites (N-methyl/N-ethyl adjacent to an activating group) is 1. The van der Waals surface area contributed by atoms with Gasteiger partial charge in [-0.1, -0.05) is 60.7 Å². The number of nitrogens with zero attached hydrogens (tertiary/aromatic N) is 23. The number of carbonyl (C=O) groups excluding carboxylic acids is 3. The maximum absolute atomic E-state index is 13.1. The van der Waals surface area contributed by atoms with Gasteiger partial charge in [-0.2, -0.15) is 10.5 Å². The summed E-state index contributed by atoms with van der Waals surface area (Å²) in [6.45, 7) is 17.5. The Bertz CT molecular complexity index is 8410. The molecule has 3 amide bonds. The zero-order chi connectivity index (χ0) is 97.1. The number of imidazole rings is 5. The van der Waals surface area contributed by atoms with Crippen LogP contribution in [0.15, 0.2) is 207 Å². The zero-order valence-corrected chi connectivity index (χ0v) is 80.1. The smallest absolute Gasteiger partial charge is 0.255 e. The second kappa shape index (κ2) is 38.5. The van der Waals surface area contributed by atoms with E-state index in [1.54, 1.807) is 7.05 Å². The molecule has 0 radical (unpaired) electrons. The molecule has 0 bridgehead atoms. The molecule has 33 nitrogen and oxygen atoms in total. The number of aryl methyl sites for hydroxylation is 1. The van der Waals surface area contributed by atoms with Crippen LogP contribution < -0.4 is 63.4 Å². The number of aromatic nitrogens is 15. The standard InChI is InChI=1S/C23H26N6O.C22H24N6O.C22H22N6.C21H22N6O.C20H18N6/c1-14(2)26-23(30)17-12-16-19(28-11-5-6-15(24)13-28)9-10-25-21(16)29-20-8-4-3-7-18(20)27-22(17)29;1-2-24-22(29)16-12-15-18(27-11-5-6-14(23)13-27)9-10-25-20(15)28-19-8-4-3-7-17(19)26-21(16)28;1-14-10-20(27-9-8-16(13-27)26(2)3)17-11-15(12-23)21-25-18-6-4-5-7-19(18)28(21)22(17)24-14;1-23-21(28)15-11-14-17(26-10-4-5-13(22)12-26)8-9-24-19(14)27-18-7-3-2-6-16(18)25-20(15)27;21-11-13-10-15-17(25-9-3-4-14(22)12-25)7-8-23-20(15)26-18-6-2-1-5-16(18)24-19(13)26/h3-4,7-10,12,14-15H,5-6,11,13,24H2,1-2H3,(H,26,30);3-4,7-10,12,14H,2,5-6,11,13,23H2,1H3,(H,24,29);4-7,10-11,16H,8-9,13H2,1-3H3;2-3,6-9,11,13H,4-5,10,12,22H2,1H3,(H,23,28);1-2,5-8,10,14H,3-4,9,12,22H2/t15-;14-;16-;13-;14-/m11011/s1. The van der Waals surface area contributed by atoms with Gasteiger partial charge in [0.1, 0.15) is 40.4 Å². The number of nitrogens with one attached hydrogen (secondary N) is 3. The van der Waals surface area contributed by atoms with Crippen molar-refractivity contribution in [3.8, 4) is 12.1 Å². The normalized spacial score (nSPS) is 17.4. The fraction of sp³-hybridized carbons (Fsp3) is 0.306. The molecule has 0 spiro atoms. The molecule has 0 saturated carbocycles. The summed E-state index contributed by atoms with van der Waals surface area (Å²) in [7, 11) is 5.91. The van der Waals surface area contributed by atoms with E-state index in [0.29, 0.717) is 68.6 Å². The van der Waals surface area contributed by atoms with Crippen LogP contribution in [0, 0.1) is 29.6 Å². The van der Waals surface area contributed by atoms with Crippen molar-refractivity contribution in [3.63, 3.8) is 0 Å². The lowest BCUT2D eigenvalue weighted by Crippen LogP contribution is -2.43. The van der Waals surface area contributed by atoms with Crippen molar-refractivity contribution in [2.45, 2.75) is 122 Å². The van der Waals surface area contributed by atoms with Gasteiger partial charge in [-0.3, -0.25) is 36.4 Å². The Balaban J connectivity index is 0.000000105. The van der Waals surface area contributed by atoms with Crippen LogP contribution in [0.2, 0.25) is 0 Å². The molecular weight excluding hydrogens is 1770 g/mol. The summed E-state index contributed by atoms with van der Waals surface area (Å²) >= 11 is 0. The Morgan fingerprint density at radius 2 is 0.695 bits per heavy atom. The molecule has 5 aliphatic heterocycles. The molecule has 5 aromatic carbocycles.